The summed E-state index contributed by atoms with van der Waals surface area (Å²) in [5.41, 5.74) is 1.09. The summed E-state index contributed by atoms with van der Waals surface area (Å²) < 4.78 is 6.64. The number of benzene rings is 1. The van der Waals surface area contributed by atoms with Crippen molar-refractivity contribution in [2.45, 2.75) is 39.2 Å². The normalized spacial score (nSPS) is 14.1. The van der Waals surface area contributed by atoms with Gasteiger partial charge in [-0.2, -0.15) is 0 Å². The molecule has 1 aromatic heterocycles. The standard InChI is InChI=1S/C16H20BrNO3/c1-4-16(3,7-8-19)18-15(20)14-10(2)12-9-11(17)5-6-13(12)21-14/h5-6,9,19H,4,7-8H2,1-3H3,(H,18,20). The van der Waals surface area contributed by atoms with Crippen molar-refractivity contribution in [2.24, 2.45) is 0 Å². The maximum Gasteiger partial charge on any atom is 0.287 e. The Morgan fingerprint density at radius 2 is 2.19 bits per heavy atom. The van der Waals surface area contributed by atoms with Gasteiger partial charge in [0, 0.05) is 27.6 Å². The number of aryl methyl sites for hydroxylation is 1. The van der Waals surface area contributed by atoms with E-state index in [9.17, 15) is 4.79 Å². The van der Waals surface area contributed by atoms with Crippen LogP contribution in [0.15, 0.2) is 27.1 Å². The molecule has 4 nitrogen and oxygen atoms in total. The van der Waals surface area contributed by atoms with Crippen LogP contribution in [-0.4, -0.2) is 23.2 Å². The van der Waals surface area contributed by atoms with Gasteiger partial charge in [-0.1, -0.05) is 22.9 Å². The fourth-order valence-corrected chi connectivity index (χ4v) is 2.68. The van der Waals surface area contributed by atoms with Crippen LogP contribution >= 0.6 is 15.9 Å². The van der Waals surface area contributed by atoms with Crippen molar-refractivity contribution in [1.29, 1.82) is 0 Å². The minimum Gasteiger partial charge on any atom is -0.451 e. The molecule has 2 rings (SSSR count). The number of rotatable bonds is 5. The third-order valence-corrected chi connectivity index (χ3v) is 4.46. The van der Waals surface area contributed by atoms with E-state index in [2.05, 4.69) is 21.2 Å². The number of nitrogens with one attached hydrogen (secondary N) is 1. The molecule has 1 amide bonds. The molecule has 2 aromatic rings. The Morgan fingerprint density at radius 1 is 1.48 bits per heavy atom. The first-order valence-electron chi connectivity index (χ1n) is 7.02. The Bertz CT molecular complexity index is 665. The topological polar surface area (TPSA) is 62.5 Å². The highest BCUT2D eigenvalue weighted by atomic mass is 79.9. The van der Waals surface area contributed by atoms with E-state index >= 15 is 0 Å². The zero-order valence-electron chi connectivity index (χ0n) is 12.5. The molecule has 0 aliphatic rings. The van der Waals surface area contributed by atoms with E-state index in [0.29, 0.717) is 17.8 Å². The largest absolute Gasteiger partial charge is 0.451 e. The first-order chi connectivity index (χ1) is 9.90. The lowest BCUT2D eigenvalue weighted by molar-refractivity contribution is 0.0859. The zero-order chi connectivity index (χ0) is 15.6. The van der Waals surface area contributed by atoms with E-state index in [0.717, 1.165) is 21.8 Å². The maximum absolute atomic E-state index is 12.5. The summed E-state index contributed by atoms with van der Waals surface area (Å²) in [6, 6.07) is 5.67. The molecule has 21 heavy (non-hydrogen) atoms. The summed E-state index contributed by atoms with van der Waals surface area (Å²) in [6.07, 6.45) is 1.25. The summed E-state index contributed by atoms with van der Waals surface area (Å²) in [5, 5.41) is 13.0. The predicted molar refractivity (Wildman–Crippen MR) is 86.5 cm³/mol. The number of carbonyl (C=O) groups is 1. The molecule has 0 fully saturated rings. The Hall–Kier alpha value is -1.33. The zero-order valence-corrected chi connectivity index (χ0v) is 14.1. The molecule has 114 valence electrons. The van der Waals surface area contributed by atoms with Gasteiger partial charge < -0.3 is 14.8 Å². The minimum absolute atomic E-state index is 0.0384. The Kier molecular flexibility index (Phi) is 4.74. The first kappa shape index (κ1) is 16.0. The fourth-order valence-electron chi connectivity index (χ4n) is 2.31. The van der Waals surface area contributed by atoms with Gasteiger partial charge in [0.05, 0.1) is 0 Å². The van der Waals surface area contributed by atoms with Crippen molar-refractivity contribution < 1.29 is 14.3 Å². The van der Waals surface area contributed by atoms with E-state index in [1.54, 1.807) is 0 Å². The van der Waals surface area contributed by atoms with Gasteiger partial charge in [-0.25, -0.2) is 0 Å². The van der Waals surface area contributed by atoms with Crippen LogP contribution in [0.3, 0.4) is 0 Å². The molecule has 0 radical (unpaired) electrons. The summed E-state index contributed by atoms with van der Waals surface area (Å²) in [4.78, 5) is 12.5. The van der Waals surface area contributed by atoms with E-state index in [1.807, 2.05) is 39.0 Å². The van der Waals surface area contributed by atoms with Crippen LogP contribution in [0.2, 0.25) is 0 Å². The Morgan fingerprint density at radius 3 is 2.81 bits per heavy atom. The number of halogens is 1. The Labute approximate surface area is 132 Å². The second kappa shape index (κ2) is 6.20. The smallest absolute Gasteiger partial charge is 0.287 e. The van der Waals surface area contributed by atoms with Crippen molar-refractivity contribution in [1.82, 2.24) is 5.32 Å². The number of carbonyl (C=O) groups excluding carboxylic acids is 1. The number of aliphatic hydroxyl groups is 1. The van der Waals surface area contributed by atoms with Crippen molar-refractivity contribution >= 4 is 32.8 Å². The van der Waals surface area contributed by atoms with Crippen molar-refractivity contribution in [2.75, 3.05) is 6.61 Å². The number of fused-ring (bicyclic) bond motifs is 1. The SMILES string of the molecule is CCC(C)(CCO)NC(=O)c1oc2ccc(Br)cc2c1C. The molecule has 1 atom stereocenters. The van der Waals surface area contributed by atoms with Gasteiger partial charge in [-0.05, 0) is 44.9 Å². The molecule has 1 heterocycles. The molecular weight excluding hydrogens is 334 g/mol. The lowest BCUT2D eigenvalue weighted by Gasteiger charge is -2.28. The molecule has 1 aromatic carbocycles. The van der Waals surface area contributed by atoms with E-state index in [1.165, 1.54) is 0 Å². The van der Waals surface area contributed by atoms with Crippen molar-refractivity contribution in [3.05, 3.63) is 34.0 Å². The molecule has 0 aliphatic heterocycles. The summed E-state index contributed by atoms with van der Waals surface area (Å²) >= 11 is 3.42. The quantitative estimate of drug-likeness (QED) is 0.859. The highest BCUT2D eigenvalue weighted by Crippen LogP contribution is 2.28. The van der Waals surface area contributed by atoms with Gasteiger partial charge in [0.1, 0.15) is 5.58 Å². The minimum atomic E-state index is -0.433. The van der Waals surface area contributed by atoms with Crippen molar-refractivity contribution in [3.8, 4) is 0 Å². The number of furan rings is 1. The van der Waals surface area contributed by atoms with Crippen LogP contribution in [-0.2, 0) is 0 Å². The van der Waals surface area contributed by atoms with E-state index in [-0.39, 0.29) is 12.5 Å². The first-order valence-corrected chi connectivity index (χ1v) is 7.81. The number of aliphatic hydroxyl groups excluding tert-OH is 1. The van der Waals surface area contributed by atoms with Crippen LogP contribution in [0, 0.1) is 6.92 Å². The van der Waals surface area contributed by atoms with Gasteiger partial charge in [0.25, 0.3) is 5.91 Å². The summed E-state index contributed by atoms with van der Waals surface area (Å²) in [5.74, 6) is 0.0957. The molecule has 0 bridgehead atoms. The summed E-state index contributed by atoms with van der Waals surface area (Å²) in [7, 11) is 0. The van der Waals surface area contributed by atoms with Crippen LogP contribution in [0.5, 0.6) is 0 Å². The van der Waals surface area contributed by atoms with Crippen molar-refractivity contribution in [3.63, 3.8) is 0 Å². The molecule has 0 saturated carbocycles. The van der Waals surface area contributed by atoms with E-state index in [4.69, 9.17) is 9.52 Å². The van der Waals surface area contributed by atoms with Crippen LogP contribution < -0.4 is 5.32 Å². The molecule has 2 N–H and O–H groups in total. The molecule has 0 aliphatic carbocycles. The van der Waals surface area contributed by atoms with Crippen LogP contribution in [0.4, 0.5) is 0 Å². The number of hydrogen-bond donors (Lipinski definition) is 2. The van der Waals surface area contributed by atoms with Gasteiger partial charge in [0.2, 0.25) is 0 Å². The number of hydrogen-bond acceptors (Lipinski definition) is 3. The average Bonchev–Trinajstić information content (AvgIpc) is 2.76. The third kappa shape index (κ3) is 3.30. The number of amides is 1. The Balaban J connectivity index is 2.33. The van der Waals surface area contributed by atoms with Crippen LogP contribution in [0.1, 0.15) is 42.8 Å². The van der Waals surface area contributed by atoms with Gasteiger partial charge in [-0.3, -0.25) is 4.79 Å². The lowest BCUT2D eigenvalue weighted by atomic mass is 9.94. The molecule has 0 spiro atoms. The average molecular weight is 354 g/mol. The highest BCUT2D eigenvalue weighted by Gasteiger charge is 2.27. The van der Waals surface area contributed by atoms with Crippen LogP contribution in [0.25, 0.3) is 11.0 Å². The molecular formula is C16H20BrNO3. The second-order valence-corrected chi connectivity index (χ2v) is 6.45. The van der Waals surface area contributed by atoms with Gasteiger partial charge in [-0.15, -0.1) is 0 Å². The third-order valence-electron chi connectivity index (χ3n) is 3.96. The molecule has 1 unspecified atom stereocenters. The van der Waals surface area contributed by atoms with Gasteiger partial charge >= 0.3 is 0 Å². The molecule has 0 saturated heterocycles. The highest BCUT2D eigenvalue weighted by molar-refractivity contribution is 9.10. The lowest BCUT2D eigenvalue weighted by Crippen LogP contribution is -2.46. The monoisotopic (exact) mass is 353 g/mol. The molecule has 5 heteroatoms. The fraction of sp³-hybridized carbons (Fsp3) is 0.438. The van der Waals surface area contributed by atoms with Gasteiger partial charge in [0.15, 0.2) is 5.76 Å². The van der Waals surface area contributed by atoms with E-state index < -0.39 is 5.54 Å². The predicted octanol–water partition coefficient (Wildman–Crippen LogP) is 3.78. The maximum atomic E-state index is 12.5. The second-order valence-electron chi connectivity index (χ2n) is 5.54. The summed E-state index contributed by atoms with van der Waals surface area (Å²) in [6.45, 7) is 5.83.